The van der Waals surface area contributed by atoms with Crippen LogP contribution in [0.15, 0.2) is 127 Å². The van der Waals surface area contributed by atoms with Gasteiger partial charge in [-0.15, -0.1) is 0 Å². The van der Waals surface area contributed by atoms with Gasteiger partial charge in [0.25, 0.3) is 0 Å². The smallest absolute Gasteiger partial charge is 0.305 e. The van der Waals surface area contributed by atoms with Gasteiger partial charge in [0.15, 0.2) is 0 Å². The standard InChI is InChI=1S/C33H38O2P/c1-35-33(34)28-20-9-7-5-3-2-4-6-8-10-21-29-36(30-22-14-11-15-23-30,31-24-16-12-17-25-31)32-26-18-13-19-27-32/h2,4-5,7-8,10-19,22-27H,3,6,9,20-21,28-29H2,1H3/q+1. The Morgan fingerprint density at radius 3 is 1.50 bits per heavy atom. The molecule has 3 aromatic rings. The number of rotatable bonds is 14. The third kappa shape index (κ3) is 8.18. The molecular weight excluding hydrogens is 459 g/mol. The number of allylic oxidation sites excluding steroid dienone is 6. The lowest BCUT2D eigenvalue weighted by Crippen LogP contribution is -2.33. The number of hydrogen-bond acceptors (Lipinski definition) is 2. The average molecular weight is 498 g/mol. The predicted molar refractivity (Wildman–Crippen MR) is 157 cm³/mol. The summed E-state index contributed by atoms with van der Waals surface area (Å²) >= 11 is 0. The van der Waals surface area contributed by atoms with Gasteiger partial charge in [-0.05, 0) is 62.1 Å². The number of esters is 1. The first kappa shape index (κ1) is 27.4. The van der Waals surface area contributed by atoms with Gasteiger partial charge in [0.1, 0.15) is 23.2 Å². The highest BCUT2D eigenvalue weighted by atomic mass is 31.2. The topological polar surface area (TPSA) is 26.3 Å². The Hall–Kier alpha value is -3.22. The molecule has 0 atom stereocenters. The normalized spacial score (nSPS) is 12.0. The first-order valence-corrected chi connectivity index (χ1v) is 14.8. The number of benzene rings is 3. The molecule has 0 heterocycles. The summed E-state index contributed by atoms with van der Waals surface area (Å²) in [7, 11) is -0.313. The SMILES string of the molecule is COC(=O)CCCC=CCC=CCC=CCC[P+](c1ccccc1)(c1ccccc1)c1ccccc1. The van der Waals surface area contributed by atoms with E-state index in [1.165, 1.54) is 23.0 Å². The number of carbonyl (C=O) groups is 1. The van der Waals surface area contributed by atoms with E-state index in [2.05, 4.69) is 132 Å². The van der Waals surface area contributed by atoms with Gasteiger partial charge in [0.05, 0.1) is 13.3 Å². The Kier molecular flexibility index (Phi) is 11.9. The number of carbonyl (C=O) groups excluding carboxylic acids is 1. The highest BCUT2D eigenvalue weighted by molar-refractivity contribution is 7.95. The second kappa shape index (κ2) is 15.7. The van der Waals surface area contributed by atoms with E-state index in [4.69, 9.17) is 0 Å². The maximum atomic E-state index is 11.1. The average Bonchev–Trinajstić information content (AvgIpc) is 2.94. The molecular formula is C33H38O2P+. The molecule has 3 rings (SSSR count). The Morgan fingerprint density at radius 1 is 0.639 bits per heavy atom. The van der Waals surface area contributed by atoms with Crippen molar-refractivity contribution in [3.8, 4) is 0 Å². The van der Waals surface area contributed by atoms with Crippen molar-refractivity contribution in [2.75, 3.05) is 13.3 Å². The first-order valence-electron chi connectivity index (χ1n) is 12.8. The van der Waals surface area contributed by atoms with Crippen LogP contribution in [-0.4, -0.2) is 19.2 Å². The zero-order chi connectivity index (χ0) is 25.3. The van der Waals surface area contributed by atoms with Crippen LogP contribution in [0.25, 0.3) is 0 Å². The summed E-state index contributed by atoms with van der Waals surface area (Å²) in [6, 6.07) is 33.2. The van der Waals surface area contributed by atoms with Crippen molar-refractivity contribution in [1.82, 2.24) is 0 Å². The minimum Gasteiger partial charge on any atom is -0.469 e. The molecule has 0 unspecified atom stereocenters. The van der Waals surface area contributed by atoms with Gasteiger partial charge < -0.3 is 4.74 Å². The third-order valence-corrected chi connectivity index (χ3v) is 10.7. The molecule has 3 heteroatoms. The van der Waals surface area contributed by atoms with Gasteiger partial charge in [0, 0.05) is 12.8 Å². The van der Waals surface area contributed by atoms with Crippen molar-refractivity contribution in [2.24, 2.45) is 0 Å². The molecule has 0 saturated carbocycles. The fraction of sp³-hybridized carbons (Fsp3) is 0.242. The van der Waals surface area contributed by atoms with Crippen LogP contribution in [0.5, 0.6) is 0 Å². The molecule has 0 aromatic heterocycles. The molecule has 2 nitrogen and oxygen atoms in total. The van der Waals surface area contributed by atoms with E-state index in [-0.39, 0.29) is 5.97 Å². The van der Waals surface area contributed by atoms with Crippen molar-refractivity contribution in [3.05, 3.63) is 127 Å². The molecule has 186 valence electrons. The van der Waals surface area contributed by atoms with E-state index in [0.717, 1.165) is 38.3 Å². The highest BCUT2D eigenvalue weighted by Gasteiger charge is 2.44. The molecule has 0 aliphatic heterocycles. The summed E-state index contributed by atoms with van der Waals surface area (Å²) in [6.45, 7) is 0. The van der Waals surface area contributed by atoms with Crippen LogP contribution in [0.1, 0.15) is 38.5 Å². The van der Waals surface area contributed by atoms with Crippen LogP contribution in [0.2, 0.25) is 0 Å². The lowest BCUT2D eigenvalue weighted by Gasteiger charge is -2.27. The van der Waals surface area contributed by atoms with Gasteiger partial charge in [0.2, 0.25) is 0 Å². The lowest BCUT2D eigenvalue weighted by molar-refractivity contribution is -0.140. The van der Waals surface area contributed by atoms with E-state index in [9.17, 15) is 4.79 Å². The largest absolute Gasteiger partial charge is 0.469 e. The molecule has 0 saturated heterocycles. The maximum absolute atomic E-state index is 11.1. The van der Waals surface area contributed by atoms with E-state index in [1.807, 2.05) is 0 Å². The Bertz CT molecular complexity index is 1010. The van der Waals surface area contributed by atoms with Gasteiger partial charge in [-0.1, -0.05) is 91.1 Å². The van der Waals surface area contributed by atoms with E-state index < -0.39 is 7.26 Å². The van der Waals surface area contributed by atoms with Crippen molar-refractivity contribution < 1.29 is 9.53 Å². The second-order valence-electron chi connectivity index (χ2n) is 8.68. The maximum Gasteiger partial charge on any atom is 0.305 e. The van der Waals surface area contributed by atoms with Crippen molar-refractivity contribution in [1.29, 1.82) is 0 Å². The van der Waals surface area contributed by atoms with E-state index >= 15 is 0 Å². The number of ether oxygens (including phenoxy) is 1. The lowest BCUT2D eigenvalue weighted by atomic mass is 10.2. The minimum atomic E-state index is -1.75. The first-order chi connectivity index (χ1) is 17.8. The highest BCUT2D eigenvalue weighted by Crippen LogP contribution is 2.55. The Labute approximate surface area is 217 Å². The molecule has 36 heavy (non-hydrogen) atoms. The van der Waals surface area contributed by atoms with Crippen LogP contribution in [0.4, 0.5) is 0 Å². The monoisotopic (exact) mass is 497 g/mol. The molecule has 0 aliphatic rings. The molecule has 0 spiro atoms. The van der Waals surface area contributed by atoms with Crippen LogP contribution in [0.3, 0.4) is 0 Å². The molecule has 0 radical (unpaired) electrons. The molecule has 3 aromatic carbocycles. The zero-order valence-corrected chi connectivity index (χ0v) is 22.2. The van der Waals surface area contributed by atoms with Crippen LogP contribution < -0.4 is 15.9 Å². The number of hydrogen-bond donors (Lipinski definition) is 0. The summed E-state index contributed by atoms with van der Waals surface area (Å²) in [5.74, 6) is -0.134. The molecule has 0 amide bonds. The fourth-order valence-electron chi connectivity index (χ4n) is 4.39. The summed E-state index contributed by atoms with van der Waals surface area (Å²) in [6.07, 6.45) is 19.6. The van der Waals surface area contributed by atoms with Gasteiger partial charge in [-0.25, -0.2) is 0 Å². The van der Waals surface area contributed by atoms with Crippen LogP contribution in [-0.2, 0) is 9.53 Å². The van der Waals surface area contributed by atoms with Crippen LogP contribution >= 0.6 is 7.26 Å². The molecule has 0 N–H and O–H groups in total. The van der Waals surface area contributed by atoms with Gasteiger partial charge in [-0.2, -0.15) is 0 Å². The summed E-state index contributed by atoms with van der Waals surface area (Å²) in [5, 5.41) is 4.32. The third-order valence-electron chi connectivity index (χ3n) is 6.25. The Balaban J connectivity index is 1.60. The van der Waals surface area contributed by atoms with E-state index in [1.54, 1.807) is 0 Å². The zero-order valence-electron chi connectivity index (χ0n) is 21.3. The quantitative estimate of drug-likeness (QED) is 0.102. The number of methoxy groups -OCH3 is 1. The summed E-state index contributed by atoms with van der Waals surface area (Å²) < 4.78 is 4.66. The minimum absolute atomic E-state index is 0.134. The van der Waals surface area contributed by atoms with Crippen LogP contribution in [0, 0.1) is 0 Å². The molecule has 0 aliphatic carbocycles. The Morgan fingerprint density at radius 2 is 1.06 bits per heavy atom. The van der Waals surface area contributed by atoms with E-state index in [0.29, 0.717) is 6.42 Å². The number of unbranched alkanes of at least 4 members (excludes halogenated alkanes) is 1. The van der Waals surface area contributed by atoms with Crippen molar-refractivity contribution >= 4 is 29.1 Å². The van der Waals surface area contributed by atoms with Gasteiger partial charge in [-0.3, -0.25) is 4.79 Å². The second-order valence-corrected chi connectivity index (χ2v) is 12.3. The molecule has 0 fully saturated rings. The predicted octanol–water partition coefficient (Wildman–Crippen LogP) is 7.16. The summed E-state index contributed by atoms with van der Waals surface area (Å²) in [4.78, 5) is 11.1. The molecule has 0 bridgehead atoms. The fourth-order valence-corrected chi connectivity index (χ4v) is 8.64. The summed E-state index contributed by atoms with van der Waals surface area (Å²) in [5.41, 5.74) is 0. The van der Waals surface area contributed by atoms with Crippen molar-refractivity contribution in [2.45, 2.75) is 38.5 Å². The van der Waals surface area contributed by atoms with Gasteiger partial charge >= 0.3 is 5.97 Å². The van der Waals surface area contributed by atoms with Crippen molar-refractivity contribution in [3.63, 3.8) is 0 Å².